The number of carbonyl (C=O) groups is 1. The molecule has 0 saturated carbocycles. The Bertz CT molecular complexity index is 2700. The molecule has 1 aromatic carbocycles. The fourth-order valence-corrected chi connectivity index (χ4v) is 11.9. The van der Waals surface area contributed by atoms with Crippen LogP contribution in [0.4, 0.5) is 0 Å². The van der Waals surface area contributed by atoms with Crippen LogP contribution in [0.2, 0.25) is 0 Å². The standard InChI is InChI=1S/C52H75NO37/c54-7-17-38-25(62)32(69)48(79-17)87-40-19(9-56)81-50(34(71)27(40)64)89-42-21(11-58)83-52(36(73)29(42)66)90-43-22(12-59)82-51(35(72)28(43)65)88-41-20(10-57)80-49(33(70)26(41)63)86-39-18(8-55)78-47(31(68)24(39)61)84-37-16(77-46(85-38)30(67)23(37)60)6-53-44(74)14-5-13-3-1-2-4-15(13)76-45(14)75/h1-5,16-43,46-52,54-73H,6-12H2,(H,53,74)/t16-,17-,18-,19-,20-,21-,22-,23-,24-,25-,26-,27-,28-,29-,30-,31-,32-,33-,34-,35-,36-,37-,38-,39-,40-,41-,42-,43-,46-,47-,48-,49-,50-,51-,52-/m1/s1. The van der Waals surface area contributed by atoms with Crippen molar-refractivity contribution in [1.82, 2.24) is 5.32 Å². The first-order valence-electron chi connectivity index (χ1n) is 28.6. The molecule has 1 aromatic heterocycles. The molecule has 0 radical (unpaired) electrons. The highest BCUT2D eigenvalue weighted by Crippen LogP contribution is 2.39. The summed E-state index contributed by atoms with van der Waals surface area (Å²) in [7, 11) is 0. The Kier molecular flexibility index (Phi) is 22.6. The van der Waals surface area contributed by atoms with E-state index in [9.17, 15) is 112 Å². The van der Waals surface area contributed by atoms with E-state index >= 15 is 0 Å². The van der Waals surface area contributed by atoms with E-state index in [-0.39, 0.29) is 5.58 Å². The van der Waals surface area contributed by atoms with Gasteiger partial charge in [-0.25, -0.2) is 4.79 Å². The predicted octanol–water partition coefficient (Wildman–Crippen LogP) is -13.7. The minimum Gasteiger partial charge on any atom is -0.422 e. The maximum Gasteiger partial charge on any atom is 0.349 e. The zero-order valence-electron chi connectivity index (χ0n) is 46.9. The Morgan fingerprint density at radius 2 is 0.567 bits per heavy atom. The lowest BCUT2D eigenvalue weighted by Gasteiger charge is -2.50. The Balaban J connectivity index is 0.953. The summed E-state index contributed by atoms with van der Waals surface area (Å²) in [5.41, 5.74) is -1.52. The lowest BCUT2D eigenvalue weighted by Crippen LogP contribution is -2.68. The van der Waals surface area contributed by atoms with Crippen molar-refractivity contribution in [1.29, 1.82) is 0 Å². The fourth-order valence-electron chi connectivity index (χ4n) is 11.9. The first-order valence-corrected chi connectivity index (χ1v) is 28.6. The number of benzene rings is 1. The molecule has 0 aliphatic carbocycles. The molecule has 35 atom stereocenters. The molecular weight excluding hydrogens is 1230 g/mol. The summed E-state index contributed by atoms with van der Waals surface area (Å²) in [6, 6.07) is 7.34. The zero-order chi connectivity index (χ0) is 64.9. The molecule has 2 aromatic rings. The van der Waals surface area contributed by atoms with Gasteiger partial charge < -0.3 is 178 Å². The number of carbonyl (C=O) groups excluding carboxylic acids is 1. The van der Waals surface area contributed by atoms with Crippen LogP contribution in [0.1, 0.15) is 10.4 Å². The molecule has 21 saturated heterocycles. The van der Waals surface area contributed by atoms with Crippen molar-refractivity contribution in [3.63, 3.8) is 0 Å². The quantitative estimate of drug-likeness (QED) is 0.104. The van der Waals surface area contributed by atoms with E-state index in [1.165, 1.54) is 18.2 Å². The molecule has 38 nitrogen and oxygen atoms in total. The summed E-state index contributed by atoms with van der Waals surface area (Å²) >= 11 is 0. The van der Waals surface area contributed by atoms with Gasteiger partial charge in [0.05, 0.1) is 39.6 Å². The summed E-state index contributed by atoms with van der Waals surface area (Å²) in [6.45, 7) is -7.35. The van der Waals surface area contributed by atoms with Gasteiger partial charge in [0.25, 0.3) is 5.91 Å². The van der Waals surface area contributed by atoms with Gasteiger partial charge in [0.1, 0.15) is 182 Å². The third kappa shape index (κ3) is 13.6. The molecule has 22 heterocycles. The number of aliphatic hydroxyl groups excluding tert-OH is 20. The second kappa shape index (κ2) is 29.3. The third-order valence-corrected chi connectivity index (χ3v) is 17.0. The monoisotopic (exact) mass is 1310 g/mol. The van der Waals surface area contributed by atoms with Crippen LogP contribution in [-0.2, 0) is 66.3 Å². The van der Waals surface area contributed by atoms with E-state index in [2.05, 4.69) is 5.32 Å². The van der Waals surface area contributed by atoms with Crippen molar-refractivity contribution in [3.05, 3.63) is 46.3 Å². The third-order valence-electron chi connectivity index (χ3n) is 17.0. The van der Waals surface area contributed by atoms with E-state index in [0.29, 0.717) is 5.39 Å². The smallest absolute Gasteiger partial charge is 0.349 e. The summed E-state index contributed by atoms with van der Waals surface area (Å²) in [5, 5.41) is 227. The van der Waals surface area contributed by atoms with E-state index < -0.39 is 278 Å². The second-order valence-corrected chi connectivity index (χ2v) is 22.7. The first kappa shape index (κ1) is 69.4. The highest BCUT2D eigenvalue weighted by atomic mass is 16.8. The molecule has 21 fully saturated rings. The van der Waals surface area contributed by atoms with Crippen molar-refractivity contribution in [2.24, 2.45) is 0 Å². The molecule has 23 rings (SSSR count). The maximum absolute atomic E-state index is 13.7. The second-order valence-electron chi connectivity index (χ2n) is 22.7. The van der Waals surface area contributed by atoms with Crippen molar-refractivity contribution >= 4 is 16.9 Å². The van der Waals surface area contributed by atoms with Crippen LogP contribution in [0.3, 0.4) is 0 Å². The highest BCUT2D eigenvalue weighted by Gasteiger charge is 2.59. The molecule has 38 heteroatoms. The number of ether oxygens (including phenoxy) is 14. The van der Waals surface area contributed by atoms with Crippen molar-refractivity contribution in [2.75, 3.05) is 46.2 Å². The van der Waals surface area contributed by atoms with Crippen LogP contribution in [-0.4, -0.2) is 369 Å². The number of fused-ring (bicyclic) bond motifs is 1. The summed E-state index contributed by atoms with van der Waals surface area (Å²) in [4.78, 5) is 26.7. The summed E-state index contributed by atoms with van der Waals surface area (Å²) < 4.78 is 86.2. The SMILES string of the molecule is O=C(NC[C@H]1O[C@@H]2O[C@H]3[C@H](O)[C@@H](O)[C@@H](O[C@H]4[C@H](O)[C@@H](O)[C@@H](O[C@H]5[C@H](O)[C@@H](O)[C@@H](O[C@H]6[C@H](O)[C@@H](O)[C@@H](O[C@H]7[C@H](O)[C@@H](O)[C@@H](O[C@H]8[C@H](O)[C@@H](O)[C@@H](O[C@H]1[C@H](O)[C@H]2O)O[C@@H]8CO)O[C@@H]7CO)O[C@@H]6CO)O[C@@H]5CO)O[C@@H]4CO)O[C@@H]3CO)c1cc2ccccc2oc1=O. The highest BCUT2D eigenvalue weighted by molar-refractivity contribution is 5.96. The number of hydrogen-bond acceptors (Lipinski definition) is 37. The van der Waals surface area contributed by atoms with E-state index in [1.54, 1.807) is 12.1 Å². The molecule has 1 amide bonds. The van der Waals surface area contributed by atoms with Gasteiger partial charge in [0, 0.05) is 11.9 Å². The predicted molar refractivity (Wildman–Crippen MR) is 276 cm³/mol. The minimum absolute atomic E-state index is 0.120. The molecule has 14 bridgehead atoms. The molecule has 0 unspecified atom stereocenters. The Morgan fingerprint density at radius 3 is 0.822 bits per heavy atom. The topological polar surface area (TPSA) is 593 Å². The average molecular weight is 1310 g/mol. The molecule has 21 aliphatic rings. The van der Waals surface area contributed by atoms with Crippen LogP contribution in [0.25, 0.3) is 11.0 Å². The Hall–Kier alpha value is -3.46. The minimum atomic E-state index is -2.33. The molecule has 21 N–H and O–H groups in total. The summed E-state index contributed by atoms with van der Waals surface area (Å²) in [5.74, 6) is -1.11. The lowest BCUT2D eigenvalue weighted by molar-refractivity contribution is -0.396. The van der Waals surface area contributed by atoms with Gasteiger partial charge in [0.2, 0.25) is 0 Å². The average Bonchev–Trinajstić information content (AvgIpc) is 1.04. The van der Waals surface area contributed by atoms with Gasteiger partial charge in [-0.3, -0.25) is 4.79 Å². The van der Waals surface area contributed by atoms with Crippen LogP contribution >= 0.6 is 0 Å². The molecule has 90 heavy (non-hydrogen) atoms. The van der Waals surface area contributed by atoms with Gasteiger partial charge in [-0.15, -0.1) is 0 Å². The van der Waals surface area contributed by atoms with Crippen LogP contribution in [0.5, 0.6) is 0 Å². The number of rotatable bonds is 9. The molecular formula is C52H75NO37. The van der Waals surface area contributed by atoms with Crippen molar-refractivity contribution < 1.29 is 178 Å². The molecule has 0 spiro atoms. The normalized spacial score (nSPS) is 49.0. The lowest BCUT2D eigenvalue weighted by atomic mass is 9.95. The number of aliphatic hydroxyl groups is 20. The van der Waals surface area contributed by atoms with Crippen molar-refractivity contribution in [2.45, 2.75) is 215 Å². The summed E-state index contributed by atoms with van der Waals surface area (Å²) in [6.07, 6.45) is -72.6. The van der Waals surface area contributed by atoms with Crippen LogP contribution in [0, 0.1) is 0 Å². The molecule has 510 valence electrons. The zero-order valence-corrected chi connectivity index (χ0v) is 46.9. The fraction of sp³-hybridized carbons (Fsp3) is 0.808. The number of amides is 1. The van der Waals surface area contributed by atoms with E-state index in [4.69, 9.17) is 70.7 Å². The van der Waals surface area contributed by atoms with Gasteiger partial charge in [-0.2, -0.15) is 0 Å². The first-order chi connectivity index (χ1) is 43.0. The van der Waals surface area contributed by atoms with Gasteiger partial charge in [-0.05, 0) is 12.1 Å². The maximum atomic E-state index is 13.7. The number of hydrogen-bond donors (Lipinski definition) is 21. The van der Waals surface area contributed by atoms with E-state index in [0.717, 1.165) is 0 Å². The largest absolute Gasteiger partial charge is 0.422 e. The number of para-hydroxylation sites is 1. The Labute approximate surface area is 506 Å². The van der Waals surface area contributed by atoms with Crippen LogP contribution < -0.4 is 10.9 Å². The molecule has 21 aliphatic heterocycles. The Morgan fingerprint density at radius 1 is 0.333 bits per heavy atom. The van der Waals surface area contributed by atoms with Gasteiger partial charge in [-0.1, -0.05) is 18.2 Å². The van der Waals surface area contributed by atoms with Crippen LogP contribution in [0.15, 0.2) is 39.5 Å². The van der Waals surface area contributed by atoms with Crippen molar-refractivity contribution in [3.8, 4) is 0 Å². The van der Waals surface area contributed by atoms with Gasteiger partial charge >= 0.3 is 5.63 Å². The number of nitrogens with one attached hydrogen (secondary N) is 1. The van der Waals surface area contributed by atoms with E-state index in [1.807, 2.05) is 0 Å². The van der Waals surface area contributed by atoms with Gasteiger partial charge in [0.15, 0.2) is 44.0 Å².